The van der Waals surface area contributed by atoms with Crippen LogP contribution >= 0.6 is 11.3 Å². The molecule has 1 amide bonds. The van der Waals surface area contributed by atoms with Crippen molar-refractivity contribution in [3.63, 3.8) is 0 Å². The number of benzene rings is 1. The minimum atomic E-state index is -1.24. The molecule has 110 valence electrons. The Balaban J connectivity index is 1.88. The fourth-order valence-corrected chi connectivity index (χ4v) is 3.39. The molecular weight excluding hydrogens is 293 g/mol. The molecule has 1 aliphatic rings. The van der Waals surface area contributed by atoms with Crippen LogP contribution in [-0.2, 0) is 4.79 Å². The Morgan fingerprint density at radius 2 is 2.10 bits per heavy atom. The van der Waals surface area contributed by atoms with Gasteiger partial charge in [-0.05, 0) is 49.3 Å². The highest BCUT2D eigenvalue weighted by atomic mass is 32.1. The van der Waals surface area contributed by atoms with Gasteiger partial charge in [0.05, 0.1) is 4.88 Å². The number of carbonyl (C=O) groups is 2. The van der Waals surface area contributed by atoms with Crippen molar-refractivity contribution in [3.8, 4) is 0 Å². The standard InChI is InChI=1S/C15H14FNO3S/c1-15(14(19)20,9-3-4-9)17-13(18)12-6-8-2-5-10(16)7-11(8)21-12/h2,5-7,9H,3-4H2,1H3,(H,17,18)(H,19,20). The average molecular weight is 307 g/mol. The van der Waals surface area contributed by atoms with Gasteiger partial charge in [0.25, 0.3) is 5.91 Å². The molecule has 1 saturated carbocycles. The van der Waals surface area contributed by atoms with Crippen molar-refractivity contribution in [1.82, 2.24) is 5.32 Å². The first kappa shape index (κ1) is 14.0. The van der Waals surface area contributed by atoms with Crippen LogP contribution < -0.4 is 5.32 Å². The van der Waals surface area contributed by atoms with E-state index in [0.29, 0.717) is 9.58 Å². The van der Waals surface area contributed by atoms with E-state index in [4.69, 9.17) is 0 Å². The first-order valence-electron chi connectivity index (χ1n) is 6.65. The number of aliphatic carboxylic acids is 1. The number of rotatable bonds is 4. The van der Waals surface area contributed by atoms with Crippen molar-refractivity contribution >= 4 is 33.3 Å². The largest absolute Gasteiger partial charge is 0.480 e. The molecule has 1 fully saturated rings. The highest BCUT2D eigenvalue weighted by Gasteiger charge is 2.48. The summed E-state index contributed by atoms with van der Waals surface area (Å²) in [6.07, 6.45) is 1.61. The van der Waals surface area contributed by atoms with Crippen molar-refractivity contribution in [3.05, 3.63) is 35.0 Å². The van der Waals surface area contributed by atoms with Crippen LogP contribution in [0.1, 0.15) is 29.4 Å². The number of carboxylic acid groups (broad SMARTS) is 1. The zero-order valence-electron chi connectivity index (χ0n) is 11.4. The summed E-state index contributed by atoms with van der Waals surface area (Å²) >= 11 is 1.16. The van der Waals surface area contributed by atoms with Crippen molar-refractivity contribution in [1.29, 1.82) is 0 Å². The third-order valence-corrected chi connectivity index (χ3v) is 5.01. The SMILES string of the molecule is CC(NC(=O)c1cc2ccc(F)cc2s1)(C(=O)O)C1CC1. The predicted octanol–water partition coefficient (Wildman–Crippen LogP) is 3.02. The molecule has 0 radical (unpaired) electrons. The first-order chi connectivity index (χ1) is 9.90. The lowest BCUT2D eigenvalue weighted by atomic mass is 9.96. The second-order valence-electron chi connectivity index (χ2n) is 5.53. The molecule has 1 aromatic heterocycles. The third-order valence-electron chi connectivity index (χ3n) is 3.92. The number of hydrogen-bond acceptors (Lipinski definition) is 3. The number of carbonyl (C=O) groups excluding carboxylic acids is 1. The second-order valence-corrected chi connectivity index (χ2v) is 6.61. The van der Waals surface area contributed by atoms with Gasteiger partial charge in [-0.3, -0.25) is 4.79 Å². The Bertz CT molecular complexity index is 738. The van der Waals surface area contributed by atoms with Gasteiger partial charge in [-0.25, -0.2) is 9.18 Å². The molecule has 21 heavy (non-hydrogen) atoms. The molecule has 1 unspecified atom stereocenters. The van der Waals surface area contributed by atoms with Gasteiger partial charge < -0.3 is 10.4 Å². The molecule has 3 rings (SSSR count). The quantitative estimate of drug-likeness (QED) is 0.912. The molecule has 0 aliphatic heterocycles. The first-order valence-corrected chi connectivity index (χ1v) is 7.47. The minimum Gasteiger partial charge on any atom is -0.480 e. The number of thiophene rings is 1. The van der Waals surface area contributed by atoms with Gasteiger partial charge >= 0.3 is 5.97 Å². The molecular formula is C15H14FNO3S. The van der Waals surface area contributed by atoms with Gasteiger partial charge in [0, 0.05) is 4.70 Å². The van der Waals surface area contributed by atoms with Gasteiger partial charge in [0.1, 0.15) is 11.4 Å². The van der Waals surface area contributed by atoms with E-state index in [9.17, 15) is 19.1 Å². The van der Waals surface area contributed by atoms with Crippen molar-refractivity contribution < 1.29 is 19.1 Å². The van der Waals surface area contributed by atoms with Crippen LogP contribution in [0.15, 0.2) is 24.3 Å². The Hall–Kier alpha value is -1.95. The van der Waals surface area contributed by atoms with Crippen LogP contribution in [0.5, 0.6) is 0 Å². The van der Waals surface area contributed by atoms with E-state index in [0.717, 1.165) is 29.6 Å². The molecule has 6 heteroatoms. The summed E-state index contributed by atoms with van der Waals surface area (Å²) < 4.78 is 13.8. The van der Waals surface area contributed by atoms with Crippen LogP contribution in [0.3, 0.4) is 0 Å². The molecule has 4 nitrogen and oxygen atoms in total. The maximum absolute atomic E-state index is 13.2. The highest BCUT2D eigenvalue weighted by molar-refractivity contribution is 7.20. The molecule has 1 aromatic carbocycles. The molecule has 2 N–H and O–H groups in total. The maximum Gasteiger partial charge on any atom is 0.329 e. The van der Waals surface area contributed by atoms with Gasteiger partial charge in [0.15, 0.2) is 0 Å². The zero-order valence-corrected chi connectivity index (χ0v) is 12.2. The molecule has 0 spiro atoms. The number of halogens is 1. The molecule has 2 aromatic rings. The minimum absolute atomic E-state index is 0.0224. The number of fused-ring (bicyclic) bond motifs is 1. The Morgan fingerprint density at radius 3 is 2.71 bits per heavy atom. The number of carboxylic acids is 1. The summed E-state index contributed by atoms with van der Waals surface area (Å²) in [7, 11) is 0. The van der Waals surface area contributed by atoms with Gasteiger partial charge in [-0.1, -0.05) is 6.07 Å². The van der Waals surface area contributed by atoms with Crippen LogP contribution in [0, 0.1) is 11.7 Å². The summed E-state index contributed by atoms with van der Waals surface area (Å²) in [5, 5.41) is 12.8. The Labute approximate surface area is 124 Å². The molecule has 1 aliphatic carbocycles. The summed E-state index contributed by atoms with van der Waals surface area (Å²) in [6.45, 7) is 1.54. The fraction of sp³-hybridized carbons (Fsp3) is 0.333. The summed E-state index contributed by atoms with van der Waals surface area (Å²) in [5.74, 6) is -1.82. The molecule has 1 atom stereocenters. The number of amides is 1. The summed E-state index contributed by atoms with van der Waals surface area (Å²) in [4.78, 5) is 24.1. The van der Waals surface area contributed by atoms with E-state index < -0.39 is 17.4 Å². The van der Waals surface area contributed by atoms with E-state index in [2.05, 4.69) is 5.32 Å². The van der Waals surface area contributed by atoms with Crippen LogP contribution in [0.2, 0.25) is 0 Å². The Morgan fingerprint density at radius 1 is 1.38 bits per heavy atom. The van der Waals surface area contributed by atoms with E-state index in [1.54, 1.807) is 12.1 Å². The lowest BCUT2D eigenvalue weighted by Gasteiger charge is -2.25. The van der Waals surface area contributed by atoms with Crippen LogP contribution in [0.4, 0.5) is 4.39 Å². The van der Waals surface area contributed by atoms with E-state index in [1.807, 2.05) is 0 Å². The van der Waals surface area contributed by atoms with Crippen molar-refractivity contribution in [2.24, 2.45) is 5.92 Å². The smallest absolute Gasteiger partial charge is 0.329 e. The number of nitrogens with one attached hydrogen (secondary N) is 1. The van der Waals surface area contributed by atoms with Gasteiger partial charge in [-0.15, -0.1) is 11.3 Å². The number of hydrogen-bond donors (Lipinski definition) is 2. The topological polar surface area (TPSA) is 66.4 Å². The molecule has 1 heterocycles. The van der Waals surface area contributed by atoms with E-state index in [1.165, 1.54) is 19.1 Å². The highest BCUT2D eigenvalue weighted by Crippen LogP contribution is 2.40. The normalized spacial score (nSPS) is 17.4. The zero-order chi connectivity index (χ0) is 15.2. The van der Waals surface area contributed by atoms with E-state index in [-0.39, 0.29) is 11.7 Å². The predicted molar refractivity (Wildman–Crippen MR) is 78.0 cm³/mol. The Kier molecular flexibility index (Phi) is 3.20. The van der Waals surface area contributed by atoms with Gasteiger partial charge in [0.2, 0.25) is 0 Å². The van der Waals surface area contributed by atoms with Crippen molar-refractivity contribution in [2.75, 3.05) is 0 Å². The van der Waals surface area contributed by atoms with E-state index >= 15 is 0 Å². The lowest BCUT2D eigenvalue weighted by molar-refractivity contribution is -0.144. The molecule has 0 bridgehead atoms. The maximum atomic E-state index is 13.2. The monoisotopic (exact) mass is 307 g/mol. The average Bonchev–Trinajstić information content (AvgIpc) is 3.19. The van der Waals surface area contributed by atoms with Crippen LogP contribution in [-0.4, -0.2) is 22.5 Å². The fourth-order valence-electron chi connectivity index (χ4n) is 2.41. The second kappa shape index (κ2) is 4.80. The summed E-state index contributed by atoms with van der Waals surface area (Å²) in [6, 6.07) is 5.97. The van der Waals surface area contributed by atoms with Crippen molar-refractivity contribution in [2.45, 2.75) is 25.3 Å². The lowest BCUT2D eigenvalue weighted by Crippen LogP contribution is -2.53. The third kappa shape index (κ3) is 2.51. The molecule has 0 saturated heterocycles. The van der Waals surface area contributed by atoms with Crippen LogP contribution in [0.25, 0.3) is 10.1 Å². The summed E-state index contributed by atoms with van der Waals surface area (Å²) in [5.41, 5.74) is -1.24. The van der Waals surface area contributed by atoms with Gasteiger partial charge in [-0.2, -0.15) is 0 Å².